The van der Waals surface area contributed by atoms with E-state index in [1.807, 2.05) is 30.3 Å². The Morgan fingerprint density at radius 3 is 2.64 bits per heavy atom. The van der Waals surface area contributed by atoms with E-state index in [1.165, 1.54) is 7.11 Å². The summed E-state index contributed by atoms with van der Waals surface area (Å²) in [5.74, 6) is -3.83. The number of methoxy groups -OCH3 is 1. The molecule has 128 valence electrons. The van der Waals surface area contributed by atoms with Gasteiger partial charge in [-0.05, 0) is 23.3 Å². The molecule has 6 heteroatoms. The normalized spacial score (nSPS) is 25.2. The SMILES string of the molecule is COC(=O)[C@@H]1C(=O)Oc2ccc3ccccc3c2[C@@H]1[C@H]1CCOC1=O. The summed E-state index contributed by atoms with van der Waals surface area (Å²) in [6.07, 6.45) is 0.451. The van der Waals surface area contributed by atoms with E-state index in [2.05, 4.69) is 0 Å². The molecular formula is C19H16O6. The van der Waals surface area contributed by atoms with Crippen molar-refractivity contribution in [3.8, 4) is 5.75 Å². The zero-order valence-electron chi connectivity index (χ0n) is 13.6. The Kier molecular flexibility index (Phi) is 3.67. The van der Waals surface area contributed by atoms with E-state index in [1.54, 1.807) is 6.07 Å². The highest BCUT2D eigenvalue weighted by Crippen LogP contribution is 2.48. The van der Waals surface area contributed by atoms with Gasteiger partial charge in [0.2, 0.25) is 0 Å². The molecule has 1 saturated heterocycles. The number of carbonyl (C=O) groups excluding carboxylic acids is 3. The Morgan fingerprint density at radius 2 is 1.92 bits per heavy atom. The molecule has 6 nitrogen and oxygen atoms in total. The molecule has 2 aromatic carbocycles. The van der Waals surface area contributed by atoms with Crippen molar-refractivity contribution < 1.29 is 28.6 Å². The third-order valence-corrected chi connectivity index (χ3v) is 4.95. The van der Waals surface area contributed by atoms with Gasteiger partial charge in [-0.3, -0.25) is 14.4 Å². The van der Waals surface area contributed by atoms with Crippen LogP contribution in [0.1, 0.15) is 17.9 Å². The van der Waals surface area contributed by atoms with E-state index in [4.69, 9.17) is 14.2 Å². The van der Waals surface area contributed by atoms with Crippen LogP contribution in [0.2, 0.25) is 0 Å². The second kappa shape index (κ2) is 5.88. The second-order valence-electron chi connectivity index (χ2n) is 6.21. The summed E-state index contributed by atoms with van der Waals surface area (Å²) < 4.78 is 15.3. The van der Waals surface area contributed by atoms with Crippen LogP contribution in [0.15, 0.2) is 36.4 Å². The molecule has 2 aliphatic heterocycles. The first-order valence-corrected chi connectivity index (χ1v) is 8.09. The maximum atomic E-state index is 12.5. The Labute approximate surface area is 143 Å². The highest BCUT2D eigenvalue weighted by molar-refractivity contribution is 6.02. The van der Waals surface area contributed by atoms with Crippen molar-refractivity contribution in [3.05, 3.63) is 42.0 Å². The molecule has 2 heterocycles. The van der Waals surface area contributed by atoms with E-state index in [-0.39, 0.29) is 6.61 Å². The molecule has 4 rings (SSSR count). The molecule has 0 aromatic heterocycles. The lowest BCUT2D eigenvalue weighted by atomic mass is 9.73. The van der Waals surface area contributed by atoms with Gasteiger partial charge in [-0.1, -0.05) is 30.3 Å². The number of cyclic esters (lactones) is 1. The Balaban J connectivity index is 1.98. The van der Waals surface area contributed by atoms with Crippen molar-refractivity contribution in [3.63, 3.8) is 0 Å². The number of hydrogen-bond acceptors (Lipinski definition) is 6. The fourth-order valence-corrected chi connectivity index (χ4v) is 3.83. The molecule has 0 saturated carbocycles. The maximum absolute atomic E-state index is 12.5. The first-order chi connectivity index (χ1) is 12.1. The van der Waals surface area contributed by atoms with Crippen molar-refractivity contribution >= 4 is 28.7 Å². The minimum atomic E-state index is -1.18. The molecule has 2 aliphatic rings. The summed E-state index contributed by atoms with van der Waals surface area (Å²) in [7, 11) is 1.22. The molecule has 0 spiro atoms. The van der Waals surface area contributed by atoms with E-state index in [0.29, 0.717) is 17.7 Å². The second-order valence-corrected chi connectivity index (χ2v) is 6.21. The third kappa shape index (κ3) is 2.36. The van der Waals surface area contributed by atoms with Gasteiger partial charge >= 0.3 is 17.9 Å². The zero-order valence-corrected chi connectivity index (χ0v) is 13.6. The minimum absolute atomic E-state index is 0.281. The molecule has 0 amide bonds. The standard InChI is InChI=1S/C19H16O6/c1-23-18(21)16-15(12-8-9-24-17(12)20)14-11-5-3-2-4-10(11)6-7-13(14)25-19(16)22/h2-7,12,15-16H,8-9H2,1H3/t12-,15+,16-/m1/s1. The quantitative estimate of drug-likeness (QED) is 0.474. The van der Waals surface area contributed by atoms with Gasteiger partial charge in [0.15, 0.2) is 5.92 Å². The van der Waals surface area contributed by atoms with Crippen LogP contribution in [-0.2, 0) is 23.9 Å². The largest absolute Gasteiger partial charge is 0.468 e. The number of esters is 3. The number of fused-ring (bicyclic) bond motifs is 3. The van der Waals surface area contributed by atoms with Crippen molar-refractivity contribution in [1.82, 2.24) is 0 Å². The molecular weight excluding hydrogens is 324 g/mol. The van der Waals surface area contributed by atoms with E-state index in [9.17, 15) is 14.4 Å². The van der Waals surface area contributed by atoms with Crippen LogP contribution in [0.5, 0.6) is 5.75 Å². The van der Waals surface area contributed by atoms with Crippen LogP contribution in [0.4, 0.5) is 0 Å². The number of rotatable bonds is 2. The van der Waals surface area contributed by atoms with E-state index >= 15 is 0 Å². The average Bonchev–Trinajstić information content (AvgIpc) is 3.05. The fourth-order valence-electron chi connectivity index (χ4n) is 3.83. The summed E-state index contributed by atoms with van der Waals surface area (Å²) in [4.78, 5) is 37.1. The van der Waals surface area contributed by atoms with Crippen LogP contribution in [-0.4, -0.2) is 31.6 Å². The van der Waals surface area contributed by atoms with Crippen molar-refractivity contribution in [2.75, 3.05) is 13.7 Å². The lowest BCUT2D eigenvalue weighted by Gasteiger charge is -2.33. The summed E-state index contributed by atoms with van der Waals surface area (Å²) in [6, 6.07) is 11.2. The van der Waals surface area contributed by atoms with Crippen LogP contribution < -0.4 is 4.74 Å². The molecule has 1 fully saturated rings. The Morgan fingerprint density at radius 1 is 1.12 bits per heavy atom. The van der Waals surface area contributed by atoms with Crippen LogP contribution in [0.25, 0.3) is 10.8 Å². The minimum Gasteiger partial charge on any atom is -0.468 e. The molecule has 0 bridgehead atoms. The van der Waals surface area contributed by atoms with Crippen molar-refractivity contribution in [2.24, 2.45) is 11.8 Å². The number of hydrogen-bond donors (Lipinski definition) is 0. The monoisotopic (exact) mass is 340 g/mol. The lowest BCUT2D eigenvalue weighted by Crippen LogP contribution is -2.42. The molecule has 0 aliphatic carbocycles. The van der Waals surface area contributed by atoms with Crippen LogP contribution >= 0.6 is 0 Å². The topological polar surface area (TPSA) is 78.9 Å². The highest BCUT2D eigenvalue weighted by atomic mass is 16.6. The molecule has 0 radical (unpaired) electrons. The molecule has 2 aromatic rings. The van der Waals surface area contributed by atoms with Gasteiger partial charge in [0.25, 0.3) is 0 Å². The van der Waals surface area contributed by atoms with Gasteiger partial charge in [0, 0.05) is 11.5 Å². The highest BCUT2D eigenvalue weighted by Gasteiger charge is 2.51. The summed E-state index contributed by atoms with van der Waals surface area (Å²) >= 11 is 0. The molecule has 0 N–H and O–H groups in total. The van der Waals surface area contributed by atoms with Gasteiger partial charge in [-0.2, -0.15) is 0 Å². The Bertz CT molecular complexity index is 887. The molecule has 3 atom stereocenters. The first-order valence-electron chi connectivity index (χ1n) is 8.09. The maximum Gasteiger partial charge on any atom is 0.326 e. The predicted molar refractivity (Wildman–Crippen MR) is 86.9 cm³/mol. The predicted octanol–water partition coefficient (Wildman–Crippen LogP) is 2.19. The summed E-state index contributed by atoms with van der Waals surface area (Å²) in [6.45, 7) is 0.281. The zero-order chi connectivity index (χ0) is 17.6. The number of benzene rings is 2. The van der Waals surface area contributed by atoms with Gasteiger partial charge in [0.05, 0.1) is 19.6 Å². The number of carbonyl (C=O) groups is 3. The van der Waals surface area contributed by atoms with Gasteiger partial charge < -0.3 is 14.2 Å². The lowest BCUT2D eigenvalue weighted by molar-refractivity contribution is -0.159. The van der Waals surface area contributed by atoms with Gasteiger partial charge in [-0.25, -0.2) is 0 Å². The summed E-state index contributed by atoms with van der Waals surface area (Å²) in [5, 5.41) is 1.80. The molecule has 0 unspecified atom stereocenters. The smallest absolute Gasteiger partial charge is 0.326 e. The van der Waals surface area contributed by atoms with E-state index < -0.39 is 35.7 Å². The van der Waals surface area contributed by atoms with Crippen molar-refractivity contribution in [2.45, 2.75) is 12.3 Å². The fraction of sp³-hybridized carbons (Fsp3) is 0.316. The third-order valence-electron chi connectivity index (χ3n) is 4.95. The van der Waals surface area contributed by atoms with Gasteiger partial charge in [-0.15, -0.1) is 0 Å². The number of ether oxygens (including phenoxy) is 3. The Hall–Kier alpha value is -2.89. The van der Waals surface area contributed by atoms with E-state index in [0.717, 1.165) is 10.8 Å². The first kappa shape index (κ1) is 15.6. The summed E-state index contributed by atoms with van der Waals surface area (Å²) in [5.41, 5.74) is 0.692. The van der Waals surface area contributed by atoms with Crippen LogP contribution in [0.3, 0.4) is 0 Å². The van der Waals surface area contributed by atoms with Crippen LogP contribution in [0, 0.1) is 11.8 Å². The molecule has 25 heavy (non-hydrogen) atoms. The van der Waals surface area contributed by atoms with Crippen molar-refractivity contribution in [1.29, 1.82) is 0 Å². The average molecular weight is 340 g/mol. The van der Waals surface area contributed by atoms with Gasteiger partial charge in [0.1, 0.15) is 5.75 Å².